The number of thiazole rings is 1. The number of nitrogens with zero attached hydrogens (tertiary/aromatic N) is 1. The summed E-state index contributed by atoms with van der Waals surface area (Å²) in [4.78, 5) is 5.70. The molecule has 0 radical (unpaired) electrons. The SMILES string of the molecule is COc1ccc(CNc2nc(C)c(C)s2)cc1OC. The van der Waals surface area contributed by atoms with Gasteiger partial charge in [-0.05, 0) is 31.5 Å². The number of anilines is 1. The first kappa shape index (κ1) is 13.7. The Balaban J connectivity index is 2.07. The number of benzene rings is 1. The fourth-order valence-corrected chi connectivity index (χ4v) is 2.53. The second-order valence-corrected chi connectivity index (χ2v) is 5.41. The molecule has 0 fully saturated rings. The summed E-state index contributed by atoms with van der Waals surface area (Å²) in [5, 5.41) is 4.27. The highest BCUT2D eigenvalue weighted by atomic mass is 32.1. The molecule has 1 aromatic carbocycles. The molecule has 0 saturated carbocycles. The lowest BCUT2D eigenvalue weighted by molar-refractivity contribution is 0.354. The second kappa shape index (κ2) is 5.93. The van der Waals surface area contributed by atoms with Crippen LogP contribution in [0, 0.1) is 13.8 Å². The topological polar surface area (TPSA) is 43.4 Å². The van der Waals surface area contributed by atoms with Crippen molar-refractivity contribution >= 4 is 16.5 Å². The third kappa shape index (κ3) is 3.17. The minimum Gasteiger partial charge on any atom is -0.493 e. The molecule has 0 spiro atoms. The molecule has 1 N–H and O–H groups in total. The molecule has 2 rings (SSSR count). The Kier molecular flexibility index (Phi) is 4.27. The fourth-order valence-electron chi connectivity index (χ4n) is 1.72. The van der Waals surface area contributed by atoms with Crippen LogP contribution in [0.3, 0.4) is 0 Å². The lowest BCUT2D eigenvalue weighted by atomic mass is 10.2. The van der Waals surface area contributed by atoms with Crippen molar-refractivity contribution in [3.05, 3.63) is 34.3 Å². The van der Waals surface area contributed by atoms with Crippen LogP contribution < -0.4 is 14.8 Å². The van der Waals surface area contributed by atoms with E-state index in [0.29, 0.717) is 6.54 Å². The Bertz CT molecular complexity index is 547. The molecule has 1 aromatic heterocycles. The van der Waals surface area contributed by atoms with E-state index in [1.807, 2.05) is 25.1 Å². The largest absolute Gasteiger partial charge is 0.493 e. The van der Waals surface area contributed by atoms with E-state index in [1.54, 1.807) is 25.6 Å². The molecule has 2 aromatic rings. The van der Waals surface area contributed by atoms with Gasteiger partial charge in [0.2, 0.25) is 0 Å². The fraction of sp³-hybridized carbons (Fsp3) is 0.357. The maximum Gasteiger partial charge on any atom is 0.183 e. The minimum absolute atomic E-state index is 0.715. The molecule has 0 amide bonds. The van der Waals surface area contributed by atoms with Crippen molar-refractivity contribution in [1.82, 2.24) is 4.98 Å². The molecular weight excluding hydrogens is 260 g/mol. The average molecular weight is 278 g/mol. The molecule has 0 aliphatic heterocycles. The molecule has 102 valence electrons. The van der Waals surface area contributed by atoms with Crippen molar-refractivity contribution in [3.8, 4) is 11.5 Å². The van der Waals surface area contributed by atoms with Crippen LogP contribution in [-0.2, 0) is 6.54 Å². The van der Waals surface area contributed by atoms with E-state index in [4.69, 9.17) is 9.47 Å². The number of methoxy groups -OCH3 is 2. The molecule has 0 aliphatic rings. The van der Waals surface area contributed by atoms with Crippen molar-refractivity contribution in [1.29, 1.82) is 0 Å². The Labute approximate surface area is 117 Å². The minimum atomic E-state index is 0.715. The maximum absolute atomic E-state index is 5.29. The Morgan fingerprint density at radius 2 is 1.89 bits per heavy atom. The van der Waals surface area contributed by atoms with Gasteiger partial charge in [-0.2, -0.15) is 0 Å². The zero-order valence-corrected chi connectivity index (χ0v) is 12.4. The van der Waals surface area contributed by atoms with Crippen LogP contribution in [0.5, 0.6) is 11.5 Å². The second-order valence-electron chi connectivity index (χ2n) is 4.20. The van der Waals surface area contributed by atoms with Crippen molar-refractivity contribution in [2.45, 2.75) is 20.4 Å². The third-order valence-electron chi connectivity index (χ3n) is 2.92. The van der Waals surface area contributed by atoms with Crippen LogP contribution in [0.15, 0.2) is 18.2 Å². The van der Waals surface area contributed by atoms with Crippen LogP contribution in [0.4, 0.5) is 5.13 Å². The normalized spacial score (nSPS) is 10.3. The standard InChI is InChI=1S/C14H18N2O2S/c1-9-10(2)19-14(16-9)15-8-11-5-6-12(17-3)13(7-11)18-4/h5-7H,8H2,1-4H3,(H,15,16). The van der Waals surface area contributed by atoms with Crippen molar-refractivity contribution in [2.75, 3.05) is 19.5 Å². The van der Waals surface area contributed by atoms with E-state index in [2.05, 4.69) is 17.2 Å². The maximum atomic E-state index is 5.29. The number of hydrogen-bond donors (Lipinski definition) is 1. The molecule has 0 bridgehead atoms. The quantitative estimate of drug-likeness (QED) is 0.910. The molecule has 0 unspecified atom stereocenters. The zero-order chi connectivity index (χ0) is 13.8. The number of aromatic nitrogens is 1. The van der Waals surface area contributed by atoms with E-state index in [1.165, 1.54) is 4.88 Å². The first-order valence-corrected chi connectivity index (χ1v) is 6.84. The van der Waals surface area contributed by atoms with Crippen LogP contribution in [0.2, 0.25) is 0 Å². The summed E-state index contributed by atoms with van der Waals surface area (Å²) in [5.41, 5.74) is 2.21. The van der Waals surface area contributed by atoms with E-state index in [9.17, 15) is 0 Å². The highest BCUT2D eigenvalue weighted by Gasteiger charge is 2.06. The van der Waals surface area contributed by atoms with Crippen LogP contribution in [0.25, 0.3) is 0 Å². The lowest BCUT2D eigenvalue weighted by Gasteiger charge is -2.09. The van der Waals surface area contributed by atoms with Gasteiger partial charge in [0.05, 0.1) is 19.9 Å². The van der Waals surface area contributed by atoms with Crippen LogP contribution >= 0.6 is 11.3 Å². The molecule has 0 aliphatic carbocycles. The molecule has 4 nitrogen and oxygen atoms in total. The summed E-state index contributed by atoms with van der Waals surface area (Å²) >= 11 is 1.67. The summed E-state index contributed by atoms with van der Waals surface area (Å²) in [6.07, 6.45) is 0. The van der Waals surface area contributed by atoms with E-state index in [0.717, 1.165) is 27.9 Å². The summed E-state index contributed by atoms with van der Waals surface area (Å²) in [6, 6.07) is 5.90. The number of hydrogen-bond acceptors (Lipinski definition) is 5. The zero-order valence-electron chi connectivity index (χ0n) is 11.6. The predicted molar refractivity (Wildman–Crippen MR) is 78.5 cm³/mol. The van der Waals surface area contributed by atoms with E-state index < -0.39 is 0 Å². The lowest BCUT2D eigenvalue weighted by Crippen LogP contribution is -2.00. The van der Waals surface area contributed by atoms with E-state index in [-0.39, 0.29) is 0 Å². The van der Waals surface area contributed by atoms with Gasteiger partial charge in [-0.15, -0.1) is 11.3 Å². The highest BCUT2D eigenvalue weighted by molar-refractivity contribution is 7.15. The van der Waals surface area contributed by atoms with E-state index >= 15 is 0 Å². The molecular formula is C14H18N2O2S. The van der Waals surface area contributed by atoms with Gasteiger partial charge in [0.25, 0.3) is 0 Å². The highest BCUT2D eigenvalue weighted by Crippen LogP contribution is 2.28. The van der Waals surface area contributed by atoms with Gasteiger partial charge in [-0.25, -0.2) is 4.98 Å². The number of rotatable bonds is 5. The van der Waals surface area contributed by atoms with Crippen molar-refractivity contribution in [2.24, 2.45) is 0 Å². The molecule has 1 heterocycles. The first-order chi connectivity index (χ1) is 9.13. The van der Waals surface area contributed by atoms with Gasteiger partial charge in [-0.3, -0.25) is 0 Å². The van der Waals surface area contributed by atoms with Crippen molar-refractivity contribution < 1.29 is 9.47 Å². The Hall–Kier alpha value is -1.75. The third-order valence-corrected chi connectivity index (χ3v) is 3.95. The number of ether oxygens (including phenoxy) is 2. The van der Waals surface area contributed by atoms with Gasteiger partial charge in [-0.1, -0.05) is 6.07 Å². The average Bonchev–Trinajstić information content (AvgIpc) is 2.75. The van der Waals surface area contributed by atoms with Gasteiger partial charge >= 0.3 is 0 Å². The Morgan fingerprint density at radius 3 is 2.47 bits per heavy atom. The molecule has 0 atom stereocenters. The van der Waals surface area contributed by atoms with Gasteiger partial charge in [0.1, 0.15) is 0 Å². The first-order valence-electron chi connectivity index (χ1n) is 6.03. The Morgan fingerprint density at radius 1 is 1.16 bits per heavy atom. The summed E-state index contributed by atoms with van der Waals surface area (Å²) in [6.45, 7) is 4.81. The van der Waals surface area contributed by atoms with Crippen LogP contribution in [-0.4, -0.2) is 19.2 Å². The number of nitrogens with one attached hydrogen (secondary N) is 1. The van der Waals surface area contributed by atoms with Gasteiger partial charge in [0.15, 0.2) is 16.6 Å². The van der Waals surface area contributed by atoms with Gasteiger partial charge < -0.3 is 14.8 Å². The molecule has 5 heteroatoms. The summed E-state index contributed by atoms with van der Waals surface area (Å²) in [5.74, 6) is 1.49. The molecule has 19 heavy (non-hydrogen) atoms. The van der Waals surface area contributed by atoms with Crippen molar-refractivity contribution in [3.63, 3.8) is 0 Å². The predicted octanol–water partition coefficient (Wildman–Crippen LogP) is 3.39. The smallest absolute Gasteiger partial charge is 0.183 e. The summed E-state index contributed by atoms with van der Waals surface area (Å²) in [7, 11) is 3.28. The van der Waals surface area contributed by atoms with Crippen LogP contribution in [0.1, 0.15) is 16.1 Å². The summed E-state index contributed by atoms with van der Waals surface area (Å²) < 4.78 is 10.5. The monoisotopic (exact) mass is 278 g/mol. The molecule has 0 saturated heterocycles. The number of aryl methyl sites for hydroxylation is 2. The van der Waals surface area contributed by atoms with Gasteiger partial charge in [0, 0.05) is 11.4 Å².